The topological polar surface area (TPSA) is 61.3 Å². The van der Waals surface area contributed by atoms with Crippen LogP contribution in [0.1, 0.15) is 19.6 Å². The summed E-state index contributed by atoms with van der Waals surface area (Å²) in [6.07, 6.45) is 0.647. The molecule has 0 unspecified atom stereocenters. The molecule has 0 aliphatic heterocycles. The first-order chi connectivity index (χ1) is 8.65. The second-order valence-electron chi connectivity index (χ2n) is 3.76. The molecule has 0 aliphatic carbocycles. The SMILES string of the molecule is CCOc1ccc(-c2nc(N)oc2CC)cc1F. The zero-order chi connectivity index (χ0) is 13.1. The van der Waals surface area contributed by atoms with Crippen LogP contribution in [0.4, 0.5) is 10.4 Å². The standard InChI is InChI=1S/C13H15FN2O2/c1-3-10-12(16-13(15)18-10)8-5-6-11(17-4-2)9(14)7-8/h5-7H,3-4H2,1-2H3,(H2,15,16). The van der Waals surface area contributed by atoms with Crippen LogP contribution in [0.15, 0.2) is 22.6 Å². The summed E-state index contributed by atoms with van der Waals surface area (Å²) in [5.74, 6) is 0.463. The van der Waals surface area contributed by atoms with Crippen molar-refractivity contribution >= 4 is 6.01 Å². The fraction of sp³-hybridized carbons (Fsp3) is 0.308. The van der Waals surface area contributed by atoms with Gasteiger partial charge in [-0.3, -0.25) is 0 Å². The zero-order valence-electron chi connectivity index (χ0n) is 10.4. The van der Waals surface area contributed by atoms with Gasteiger partial charge >= 0.3 is 0 Å². The van der Waals surface area contributed by atoms with Gasteiger partial charge in [0.05, 0.1) is 6.61 Å². The Labute approximate surface area is 105 Å². The molecule has 0 saturated carbocycles. The Morgan fingerprint density at radius 1 is 1.39 bits per heavy atom. The molecule has 2 aromatic rings. The minimum absolute atomic E-state index is 0.0937. The van der Waals surface area contributed by atoms with Gasteiger partial charge in [-0.25, -0.2) is 4.39 Å². The predicted octanol–water partition coefficient (Wildman–Crippen LogP) is 3.02. The molecule has 96 valence electrons. The van der Waals surface area contributed by atoms with Crippen molar-refractivity contribution in [1.82, 2.24) is 4.98 Å². The first-order valence-electron chi connectivity index (χ1n) is 5.83. The maximum absolute atomic E-state index is 13.8. The van der Waals surface area contributed by atoms with E-state index in [1.807, 2.05) is 6.92 Å². The molecule has 5 heteroatoms. The molecule has 4 nitrogen and oxygen atoms in total. The van der Waals surface area contributed by atoms with E-state index in [2.05, 4.69) is 4.98 Å². The summed E-state index contributed by atoms with van der Waals surface area (Å²) in [5.41, 5.74) is 6.72. The Bertz CT molecular complexity index is 552. The highest BCUT2D eigenvalue weighted by Gasteiger charge is 2.14. The van der Waals surface area contributed by atoms with Crippen molar-refractivity contribution in [3.8, 4) is 17.0 Å². The molecule has 0 spiro atoms. The number of nitrogens with zero attached hydrogens (tertiary/aromatic N) is 1. The van der Waals surface area contributed by atoms with Crippen molar-refractivity contribution in [2.24, 2.45) is 0 Å². The molecule has 0 aliphatic rings. The van der Waals surface area contributed by atoms with Gasteiger partial charge in [-0.15, -0.1) is 0 Å². The lowest BCUT2D eigenvalue weighted by molar-refractivity contribution is 0.321. The van der Waals surface area contributed by atoms with Crippen molar-refractivity contribution in [2.45, 2.75) is 20.3 Å². The number of halogens is 1. The van der Waals surface area contributed by atoms with Gasteiger partial charge in [-0.2, -0.15) is 4.98 Å². The quantitative estimate of drug-likeness (QED) is 0.906. The van der Waals surface area contributed by atoms with Crippen molar-refractivity contribution in [3.05, 3.63) is 29.8 Å². The summed E-state index contributed by atoms with van der Waals surface area (Å²) in [5, 5.41) is 0. The highest BCUT2D eigenvalue weighted by Crippen LogP contribution is 2.29. The molecule has 2 N–H and O–H groups in total. The molecule has 1 aromatic carbocycles. The van der Waals surface area contributed by atoms with Crippen LogP contribution in [0.25, 0.3) is 11.3 Å². The number of nitrogens with two attached hydrogens (primary N) is 1. The molecule has 2 rings (SSSR count). The second-order valence-corrected chi connectivity index (χ2v) is 3.76. The molecule has 0 amide bonds. The summed E-state index contributed by atoms with van der Waals surface area (Å²) in [4.78, 5) is 4.07. The number of ether oxygens (including phenoxy) is 1. The van der Waals surface area contributed by atoms with Crippen LogP contribution < -0.4 is 10.5 Å². The van der Waals surface area contributed by atoms with Crippen LogP contribution in [-0.2, 0) is 6.42 Å². The largest absolute Gasteiger partial charge is 0.491 e. The van der Waals surface area contributed by atoms with Gasteiger partial charge in [0, 0.05) is 12.0 Å². The van der Waals surface area contributed by atoms with Crippen LogP contribution in [0, 0.1) is 5.82 Å². The molecule has 0 radical (unpaired) electrons. The molecule has 18 heavy (non-hydrogen) atoms. The number of hydrogen-bond acceptors (Lipinski definition) is 4. The fourth-order valence-corrected chi connectivity index (χ4v) is 1.76. The molecular formula is C13H15FN2O2. The maximum Gasteiger partial charge on any atom is 0.292 e. The van der Waals surface area contributed by atoms with E-state index >= 15 is 0 Å². The van der Waals surface area contributed by atoms with Gasteiger partial charge in [0.25, 0.3) is 6.01 Å². The average molecular weight is 250 g/mol. The maximum atomic E-state index is 13.8. The van der Waals surface area contributed by atoms with Gasteiger partial charge in [0.1, 0.15) is 11.5 Å². The Balaban J connectivity index is 2.41. The van der Waals surface area contributed by atoms with Crippen LogP contribution in [0.3, 0.4) is 0 Å². The number of rotatable bonds is 4. The lowest BCUT2D eigenvalue weighted by atomic mass is 10.1. The van der Waals surface area contributed by atoms with E-state index in [1.165, 1.54) is 6.07 Å². The number of aryl methyl sites for hydroxylation is 1. The Morgan fingerprint density at radius 2 is 2.17 bits per heavy atom. The number of nitrogen functional groups attached to an aromatic ring is 1. The highest BCUT2D eigenvalue weighted by molar-refractivity contribution is 5.63. The highest BCUT2D eigenvalue weighted by atomic mass is 19.1. The third-order valence-corrected chi connectivity index (χ3v) is 2.54. The van der Waals surface area contributed by atoms with Crippen LogP contribution >= 0.6 is 0 Å². The van der Waals surface area contributed by atoms with Crippen molar-refractivity contribution in [3.63, 3.8) is 0 Å². The van der Waals surface area contributed by atoms with E-state index in [1.54, 1.807) is 19.1 Å². The summed E-state index contributed by atoms with van der Waals surface area (Å²) >= 11 is 0. The van der Waals surface area contributed by atoms with E-state index in [9.17, 15) is 4.39 Å². The number of anilines is 1. The van der Waals surface area contributed by atoms with Gasteiger partial charge in [0.15, 0.2) is 11.6 Å². The third-order valence-electron chi connectivity index (χ3n) is 2.54. The van der Waals surface area contributed by atoms with Crippen molar-refractivity contribution in [2.75, 3.05) is 12.3 Å². The number of benzene rings is 1. The van der Waals surface area contributed by atoms with Crippen molar-refractivity contribution in [1.29, 1.82) is 0 Å². The first kappa shape index (κ1) is 12.4. The molecular weight excluding hydrogens is 235 g/mol. The van der Waals surface area contributed by atoms with Gasteiger partial charge < -0.3 is 14.9 Å². The lowest BCUT2D eigenvalue weighted by Crippen LogP contribution is -1.95. The number of hydrogen-bond donors (Lipinski definition) is 1. The van der Waals surface area contributed by atoms with Crippen molar-refractivity contribution < 1.29 is 13.5 Å². The van der Waals surface area contributed by atoms with Gasteiger partial charge in [-0.1, -0.05) is 6.92 Å². The van der Waals surface area contributed by atoms with Crippen LogP contribution in [0.2, 0.25) is 0 Å². The minimum Gasteiger partial charge on any atom is -0.491 e. The first-order valence-corrected chi connectivity index (χ1v) is 5.83. The van der Waals surface area contributed by atoms with E-state index in [0.29, 0.717) is 30.0 Å². The fourth-order valence-electron chi connectivity index (χ4n) is 1.76. The van der Waals surface area contributed by atoms with E-state index in [0.717, 1.165) is 0 Å². The lowest BCUT2D eigenvalue weighted by Gasteiger charge is -2.05. The summed E-state index contributed by atoms with van der Waals surface area (Å²) < 4.78 is 24.1. The minimum atomic E-state index is -0.419. The number of aromatic nitrogens is 1. The molecule has 0 saturated heterocycles. The summed E-state index contributed by atoms with van der Waals surface area (Å²) in [6.45, 7) is 4.16. The monoisotopic (exact) mass is 250 g/mol. The Kier molecular flexibility index (Phi) is 3.50. The second kappa shape index (κ2) is 5.08. The molecule has 0 atom stereocenters. The average Bonchev–Trinajstić information content (AvgIpc) is 2.73. The van der Waals surface area contributed by atoms with Crippen LogP contribution in [0.5, 0.6) is 5.75 Å². The van der Waals surface area contributed by atoms with Gasteiger partial charge in [-0.05, 0) is 25.1 Å². The van der Waals surface area contributed by atoms with E-state index in [4.69, 9.17) is 14.9 Å². The summed E-state index contributed by atoms with van der Waals surface area (Å²) in [6, 6.07) is 4.79. The number of oxazole rings is 1. The molecule has 0 bridgehead atoms. The van der Waals surface area contributed by atoms with Crippen LogP contribution in [-0.4, -0.2) is 11.6 Å². The zero-order valence-corrected chi connectivity index (χ0v) is 10.4. The smallest absolute Gasteiger partial charge is 0.292 e. The van der Waals surface area contributed by atoms with Gasteiger partial charge in [0.2, 0.25) is 0 Å². The van der Waals surface area contributed by atoms with E-state index in [-0.39, 0.29) is 11.8 Å². The molecule has 1 aromatic heterocycles. The third kappa shape index (κ3) is 2.30. The predicted molar refractivity (Wildman–Crippen MR) is 66.9 cm³/mol. The summed E-state index contributed by atoms with van der Waals surface area (Å²) in [7, 11) is 0. The molecule has 1 heterocycles. The van der Waals surface area contributed by atoms with E-state index < -0.39 is 5.82 Å². The normalized spacial score (nSPS) is 10.6. The Morgan fingerprint density at radius 3 is 2.78 bits per heavy atom. The Hall–Kier alpha value is -2.04. The molecule has 0 fully saturated rings.